The number of unbranched alkanes of at least 4 members (excludes halogenated alkanes) is 2. The van der Waals surface area contributed by atoms with Crippen molar-refractivity contribution in [3.05, 3.63) is 0 Å². The van der Waals surface area contributed by atoms with Gasteiger partial charge in [-0.1, -0.05) is 33.1 Å². The van der Waals surface area contributed by atoms with E-state index in [2.05, 4.69) is 13.8 Å². The van der Waals surface area contributed by atoms with E-state index in [1.807, 2.05) is 0 Å². The van der Waals surface area contributed by atoms with Gasteiger partial charge < -0.3 is 9.47 Å². The molecular weight excluding hydrogens is 192 g/mol. The highest BCUT2D eigenvalue weighted by molar-refractivity contribution is 5.82. The Morgan fingerprint density at radius 3 is 2.53 bits per heavy atom. The van der Waals surface area contributed by atoms with E-state index in [1.165, 1.54) is 26.4 Å². The molecule has 0 aromatic heterocycles. The highest BCUT2D eigenvalue weighted by Crippen LogP contribution is 2.41. The highest BCUT2D eigenvalue weighted by Gasteiger charge is 2.58. The second kappa shape index (κ2) is 5.50. The molecule has 3 nitrogen and oxygen atoms in total. The summed E-state index contributed by atoms with van der Waals surface area (Å²) in [5, 5.41) is 0. The largest absolute Gasteiger partial charge is 0.467 e. The molecular formula is C12H22O3. The van der Waals surface area contributed by atoms with Crippen molar-refractivity contribution in [3.8, 4) is 0 Å². The molecule has 1 heterocycles. The lowest BCUT2D eigenvalue weighted by Crippen LogP contribution is -2.34. The van der Waals surface area contributed by atoms with Gasteiger partial charge >= 0.3 is 5.97 Å². The minimum Gasteiger partial charge on any atom is -0.467 e. The normalized spacial score (nSPS) is 26.1. The number of esters is 1. The van der Waals surface area contributed by atoms with E-state index in [-0.39, 0.29) is 5.97 Å². The summed E-state index contributed by atoms with van der Waals surface area (Å²) in [6, 6.07) is 0. The van der Waals surface area contributed by atoms with E-state index in [0.717, 1.165) is 12.8 Å². The molecule has 1 rings (SSSR count). The average Bonchev–Trinajstić information content (AvgIpc) is 3.04. The van der Waals surface area contributed by atoms with Crippen LogP contribution in [0, 0.1) is 5.92 Å². The smallest absolute Gasteiger partial charge is 0.340 e. The van der Waals surface area contributed by atoms with Crippen LogP contribution in [0.2, 0.25) is 0 Å². The Morgan fingerprint density at radius 2 is 2.13 bits per heavy atom. The van der Waals surface area contributed by atoms with Crippen molar-refractivity contribution in [3.63, 3.8) is 0 Å². The molecule has 0 N–H and O–H groups in total. The lowest BCUT2D eigenvalue weighted by Gasteiger charge is -2.20. The van der Waals surface area contributed by atoms with Crippen LogP contribution in [0.3, 0.4) is 0 Å². The maximum absolute atomic E-state index is 11.6. The fourth-order valence-corrected chi connectivity index (χ4v) is 2.18. The molecule has 15 heavy (non-hydrogen) atoms. The number of methoxy groups -OCH3 is 1. The van der Waals surface area contributed by atoms with Crippen molar-refractivity contribution in [1.82, 2.24) is 0 Å². The molecule has 0 bridgehead atoms. The summed E-state index contributed by atoms with van der Waals surface area (Å²) in [5.41, 5.74) is -0.586. The van der Waals surface area contributed by atoms with E-state index in [1.54, 1.807) is 0 Å². The predicted octanol–water partition coefficient (Wildman–Crippen LogP) is 2.53. The summed E-state index contributed by atoms with van der Waals surface area (Å²) >= 11 is 0. The average molecular weight is 214 g/mol. The standard InChI is InChI=1S/C12H22O3/c1-4-6-7-8-10(5-2)12(9-15-12)11(13)14-3/h10H,4-9H2,1-3H3. The summed E-state index contributed by atoms with van der Waals surface area (Å²) in [7, 11) is 1.44. The Labute approximate surface area is 92.1 Å². The van der Waals surface area contributed by atoms with Crippen molar-refractivity contribution in [1.29, 1.82) is 0 Å². The molecule has 0 amide bonds. The van der Waals surface area contributed by atoms with Crippen LogP contribution in [0.4, 0.5) is 0 Å². The minimum absolute atomic E-state index is 0.189. The molecule has 0 spiro atoms. The molecule has 2 atom stereocenters. The van der Waals surface area contributed by atoms with Gasteiger partial charge in [-0.15, -0.1) is 0 Å². The van der Waals surface area contributed by atoms with Crippen LogP contribution in [0.5, 0.6) is 0 Å². The van der Waals surface area contributed by atoms with Gasteiger partial charge in [0, 0.05) is 5.92 Å². The first-order valence-electron chi connectivity index (χ1n) is 5.93. The SMILES string of the molecule is CCCCCC(CC)C1(C(=O)OC)CO1. The quantitative estimate of drug-likeness (QED) is 0.371. The Morgan fingerprint density at radius 1 is 1.47 bits per heavy atom. The molecule has 0 aliphatic carbocycles. The van der Waals surface area contributed by atoms with E-state index < -0.39 is 5.60 Å². The summed E-state index contributed by atoms with van der Waals surface area (Å²) < 4.78 is 10.2. The van der Waals surface area contributed by atoms with Gasteiger partial charge in [0.1, 0.15) is 0 Å². The molecule has 1 aliphatic heterocycles. The molecule has 0 aromatic carbocycles. The van der Waals surface area contributed by atoms with Gasteiger partial charge in [-0.05, 0) is 12.8 Å². The van der Waals surface area contributed by atoms with E-state index >= 15 is 0 Å². The van der Waals surface area contributed by atoms with Crippen LogP contribution in [0.25, 0.3) is 0 Å². The Kier molecular flexibility index (Phi) is 4.58. The first-order chi connectivity index (χ1) is 7.21. The third kappa shape index (κ3) is 2.71. The first kappa shape index (κ1) is 12.5. The maximum Gasteiger partial charge on any atom is 0.340 e. The molecule has 2 unspecified atom stereocenters. The fraction of sp³-hybridized carbons (Fsp3) is 0.917. The molecule has 1 saturated heterocycles. The molecule has 88 valence electrons. The van der Waals surface area contributed by atoms with Gasteiger partial charge in [0.2, 0.25) is 0 Å². The van der Waals surface area contributed by atoms with Crippen LogP contribution in [-0.2, 0) is 14.3 Å². The predicted molar refractivity (Wildman–Crippen MR) is 58.6 cm³/mol. The van der Waals surface area contributed by atoms with Crippen LogP contribution in [0.15, 0.2) is 0 Å². The van der Waals surface area contributed by atoms with Crippen molar-refractivity contribution in [2.24, 2.45) is 5.92 Å². The number of hydrogen-bond donors (Lipinski definition) is 0. The molecule has 1 aliphatic rings. The summed E-state index contributed by atoms with van der Waals surface area (Å²) in [5.74, 6) is 0.141. The number of rotatable bonds is 7. The monoisotopic (exact) mass is 214 g/mol. The number of epoxide rings is 1. The zero-order chi connectivity index (χ0) is 11.3. The molecule has 0 saturated carbocycles. The highest BCUT2D eigenvalue weighted by atomic mass is 16.6. The second-order valence-electron chi connectivity index (χ2n) is 4.27. The zero-order valence-corrected chi connectivity index (χ0v) is 10.0. The second-order valence-corrected chi connectivity index (χ2v) is 4.27. The van der Waals surface area contributed by atoms with Gasteiger partial charge in [-0.2, -0.15) is 0 Å². The van der Waals surface area contributed by atoms with Crippen molar-refractivity contribution < 1.29 is 14.3 Å². The molecule has 0 aromatic rings. The van der Waals surface area contributed by atoms with Gasteiger partial charge in [0.25, 0.3) is 0 Å². The Hall–Kier alpha value is -0.570. The van der Waals surface area contributed by atoms with Crippen LogP contribution in [0.1, 0.15) is 46.0 Å². The molecule has 3 heteroatoms. The van der Waals surface area contributed by atoms with E-state index in [4.69, 9.17) is 9.47 Å². The number of hydrogen-bond acceptors (Lipinski definition) is 3. The number of ether oxygens (including phenoxy) is 2. The van der Waals surface area contributed by atoms with Gasteiger partial charge in [-0.25, -0.2) is 4.79 Å². The number of carbonyl (C=O) groups is 1. The van der Waals surface area contributed by atoms with Gasteiger partial charge in [-0.3, -0.25) is 0 Å². The Bertz CT molecular complexity index is 209. The summed E-state index contributed by atoms with van der Waals surface area (Å²) in [4.78, 5) is 11.6. The van der Waals surface area contributed by atoms with E-state index in [9.17, 15) is 4.79 Å². The van der Waals surface area contributed by atoms with Gasteiger partial charge in [0.05, 0.1) is 13.7 Å². The van der Waals surface area contributed by atoms with Crippen LogP contribution >= 0.6 is 0 Å². The zero-order valence-electron chi connectivity index (χ0n) is 10.0. The van der Waals surface area contributed by atoms with Gasteiger partial charge in [0.15, 0.2) is 5.60 Å². The number of carbonyl (C=O) groups excluding carboxylic acids is 1. The first-order valence-corrected chi connectivity index (χ1v) is 5.93. The van der Waals surface area contributed by atoms with E-state index in [0.29, 0.717) is 12.5 Å². The molecule has 1 fully saturated rings. The topological polar surface area (TPSA) is 38.8 Å². The third-order valence-electron chi connectivity index (χ3n) is 3.29. The summed E-state index contributed by atoms with van der Waals surface area (Å²) in [6.07, 6.45) is 5.67. The minimum atomic E-state index is -0.586. The molecule has 0 radical (unpaired) electrons. The van der Waals surface area contributed by atoms with Crippen LogP contribution in [-0.4, -0.2) is 25.3 Å². The Balaban J connectivity index is 2.47. The lowest BCUT2D eigenvalue weighted by molar-refractivity contribution is -0.149. The van der Waals surface area contributed by atoms with Crippen molar-refractivity contribution >= 4 is 5.97 Å². The van der Waals surface area contributed by atoms with Crippen molar-refractivity contribution in [2.45, 2.75) is 51.6 Å². The summed E-state index contributed by atoms with van der Waals surface area (Å²) in [6.45, 7) is 4.85. The van der Waals surface area contributed by atoms with Crippen LogP contribution < -0.4 is 0 Å². The lowest BCUT2D eigenvalue weighted by atomic mass is 9.86. The fourth-order valence-electron chi connectivity index (χ4n) is 2.18. The third-order valence-corrected chi connectivity index (χ3v) is 3.29. The maximum atomic E-state index is 11.6. The van der Waals surface area contributed by atoms with Crippen molar-refractivity contribution in [2.75, 3.05) is 13.7 Å².